The molecule has 2 aromatic carbocycles. The van der Waals surface area contributed by atoms with E-state index < -0.39 is 5.60 Å². The zero-order valence-electron chi connectivity index (χ0n) is 19.7. The van der Waals surface area contributed by atoms with Crippen LogP contribution in [-0.2, 0) is 18.6 Å². The molecule has 7 heteroatoms. The number of rotatable bonds is 7. The lowest BCUT2D eigenvalue weighted by Crippen LogP contribution is -2.42. The average Bonchev–Trinajstić information content (AvgIpc) is 3.46. The number of furan rings is 1. The fourth-order valence-corrected chi connectivity index (χ4v) is 5.63. The predicted molar refractivity (Wildman–Crippen MR) is 136 cm³/mol. The van der Waals surface area contributed by atoms with Crippen molar-refractivity contribution in [1.29, 1.82) is 0 Å². The number of nitrogens with zero attached hydrogens (tertiary/aromatic N) is 1. The lowest BCUT2D eigenvalue weighted by atomic mass is 9.84. The van der Waals surface area contributed by atoms with Crippen molar-refractivity contribution in [3.63, 3.8) is 0 Å². The molecule has 0 saturated carbocycles. The molecule has 0 spiro atoms. The Kier molecular flexibility index (Phi) is 6.73. The number of fused-ring (bicyclic) bond motifs is 1. The third-order valence-corrected chi connectivity index (χ3v) is 7.89. The Hall–Kier alpha value is -3.00. The van der Waals surface area contributed by atoms with Crippen LogP contribution in [0.3, 0.4) is 0 Å². The summed E-state index contributed by atoms with van der Waals surface area (Å²) in [5.74, 6) is -0.369. The maximum atomic E-state index is 13.3. The van der Waals surface area contributed by atoms with E-state index >= 15 is 0 Å². The van der Waals surface area contributed by atoms with Gasteiger partial charge in [-0.05, 0) is 84.7 Å². The van der Waals surface area contributed by atoms with Gasteiger partial charge in [-0.3, -0.25) is 9.69 Å². The maximum absolute atomic E-state index is 13.3. The molecule has 35 heavy (non-hydrogen) atoms. The van der Waals surface area contributed by atoms with E-state index in [9.17, 15) is 14.3 Å². The van der Waals surface area contributed by atoms with Crippen molar-refractivity contribution < 1.29 is 18.7 Å². The van der Waals surface area contributed by atoms with Gasteiger partial charge in [-0.1, -0.05) is 18.2 Å². The van der Waals surface area contributed by atoms with E-state index in [1.807, 2.05) is 24.3 Å². The summed E-state index contributed by atoms with van der Waals surface area (Å²) in [5, 5.41) is 17.2. The van der Waals surface area contributed by atoms with Crippen molar-refractivity contribution >= 4 is 28.2 Å². The van der Waals surface area contributed by atoms with Gasteiger partial charge in [0.1, 0.15) is 11.4 Å². The maximum Gasteiger partial charge on any atom is 0.287 e. The fraction of sp³-hybridized carbons (Fsp3) is 0.321. The number of likely N-dealkylation sites (tertiary alicyclic amines) is 1. The SMILES string of the molecule is Cc1ccsc1CN1CCC(O)(c2ccc3oc(C(=O)NCCc4cccc(F)c4)cc3c2)CC1. The fourth-order valence-electron chi connectivity index (χ4n) is 4.68. The largest absolute Gasteiger partial charge is 0.451 e. The third-order valence-electron chi connectivity index (χ3n) is 6.88. The molecule has 4 aromatic rings. The van der Waals surface area contributed by atoms with Crippen LogP contribution in [-0.4, -0.2) is 35.5 Å². The summed E-state index contributed by atoms with van der Waals surface area (Å²) in [5.41, 5.74) is 2.73. The molecule has 2 aromatic heterocycles. The first-order chi connectivity index (χ1) is 16.9. The summed E-state index contributed by atoms with van der Waals surface area (Å²) in [6, 6.07) is 15.9. The highest BCUT2D eigenvalue weighted by atomic mass is 32.1. The molecular formula is C28H29FN2O3S. The number of hydrogen-bond acceptors (Lipinski definition) is 5. The van der Waals surface area contributed by atoms with Gasteiger partial charge in [0.05, 0.1) is 5.60 Å². The molecule has 1 fully saturated rings. The summed E-state index contributed by atoms with van der Waals surface area (Å²) in [6.07, 6.45) is 1.85. The first kappa shape index (κ1) is 23.7. The molecule has 5 nitrogen and oxygen atoms in total. The Balaban J connectivity index is 1.21. The normalized spacial score (nSPS) is 16.0. The van der Waals surface area contributed by atoms with Crippen LogP contribution >= 0.6 is 11.3 Å². The molecule has 182 valence electrons. The van der Waals surface area contributed by atoms with E-state index in [4.69, 9.17) is 4.42 Å². The van der Waals surface area contributed by atoms with Crippen LogP contribution in [0.25, 0.3) is 11.0 Å². The molecule has 5 rings (SSSR count). The molecule has 1 aliphatic heterocycles. The molecule has 0 aliphatic carbocycles. The molecule has 0 atom stereocenters. The Bertz CT molecular complexity index is 1340. The molecule has 1 saturated heterocycles. The van der Waals surface area contributed by atoms with Gasteiger partial charge in [0.15, 0.2) is 5.76 Å². The van der Waals surface area contributed by atoms with Gasteiger partial charge in [-0.15, -0.1) is 11.3 Å². The Morgan fingerprint density at radius 3 is 2.74 bits per heavy atom. The monoisotopic (exact) mass is 492 g/mol. The molecule has 0 radical (unpaired) electrons. The summed E-state index contributed by atoms with van der Waals surface area (Å²) < 4.78 is 19.1. The average molecular weight is 493 g/mol. The van der Waals surface area contributed by atoms with E-state index in [0.29, 0.717) is 31.4 Å². The number of benzene rings is 2. The van der Waals surface area contributed by atoms with Crippen molar-refractivity contribution in [2.75, 3.05) is 19.6 Å². The van der Waals surface area contributed by atoms with Crippen LogP contribution in [0.15, 0.2) is 64.4 Å². The van der Waals surface area contributed by atoms with Crippen LogP contribution in [0.5, 0.6) is 0 Å². The highest BCUT2D eigenvalue weighted by Gasteiger charge is 2.34. The summed E-state index contributed by atoms with van der Waals surface area (Å²) >= 11 is 1.79. The Labute approximate surface area is 208 Å². The van der Waals surface area contributed by atoms with Crippen LogP contribution in [0.4, 0.5) is 4.39 Å². The number of aliphatic hydroxyl groups is 1. The minimum absolute atomic E-state index is 0.226. The van der Waals surface area contributed by atoms with Gasteiger partial charge in [-0.25, -0.2) is 4.39 Å². The molecular weight excluding hydrogens is 463 g/mol. The highest BCUT2D eigenvalue weighted by molar-refractivity contribution is 7.10. The summed E-state index contributed by atoms with van der Waals surface area (Å²) in [7, 11) is 0. The lowest BCUT2D eigenvalue weighted by Gasteiger charge is -2.38. The first-order valence-corrected chi connectivity index (χ1v) is 12.8. The molecule has 1 aliphatic rings. The van der Waals surface area contributed by atoms with Crippen LogP contribution < -0.4 is 5.32 Å². The number of carbonyl (C=O) groups is 1. The highest BCUT2D eigenvalue weighted by Crippen LogP contribution is 2.36. The standard InChI is InChI=1S/C28H29FN2O3S/c1-19-8-14-35-26(19)18-31-12-9-28(33,10-13-31)22-5-6-24-21(16-22)17-25(34-24)27(32)30-11-7-20-3-2-4-23(29)15-20/h2-6,8,14-17,33H,7,9-13,18H2,1H3,(H,30,32). The second-order valence-electron chi connectivity index (χ2n) is 9.33. The predicted octanol–water partition coefficient (Wildman–Crippen LogP) is 5.40. The number of piperidine rings is 1. The van der Waals surface area contributed by atoms with E-state index in [-0.39, 0.29) is 17.5 Å². The van der Waals surface area contributed by atoms with E-state index in [1.165, 1.54) is 22.6 Å². The van der Waals surface area contributed by atoms with Crippen LogP contribution in [0.1, 0.15) is 45.0 Å². The number of aryl methyl sites for hydroxylation is 1. The number of thiophene rings is 1. The van der Waals surface area contributed by atoms with Crippen molar-refractivity contribution in [3.8, 4) is 0 Å². The van der Waals surface area contributed by atoms with Gasteiger partial charge in [0, 0.05) is 36.4 Å². The molecule has 2 N–H and O–H groups in total. The zero-order chi connectivity index (χ0) is 24.4. The van der Waals surface area contributed by atoms with Gasteiger partial charge in [0.2, 0.25) is 0 Å². The minimum Gasteiger partial charge on any atom is -0.451 e. The molecule has 1 amide bonds. The summed E-state index contributed by atoms with van der Waals surface area (Å²) in [4.78, 5) is 16.4. The minimum atomic E-state index is -0.889. The Morgan fingerprint density at radius 1 is 1.17 bits per heavy atom. The molecule has 0 bridgehead atoms. The number of nitrogens with one attached hydrogen (secondary N) is 1. The number of carbonyl (C=O) groups excluding carboxylic acids is 1. The quantitative estimate of drug-likeness (QED) is 0.363. The van der Waals surface area contributed by atoms with Crippen LogP contribution in [0.2, 0.25) is 0 Å². The molecule has 3 heterocycles. The van der Waals surface area contributed by atoms with Crippen molar-refractivity contribution in [2.45, 2.75) is 38.3 Å². The van der Waals surface area contributed by atoms with E-state index in [2.05, 4.69) is 28.6 Å². The smallest absolute Gasteiger partial charge is 0.287 e. The number of hydrogen-bond donors (Lipinski definition) is 2. The summed E-state index contributed by atoms with van der Waals surface area (Å²) in [6.45, 7) is 5.11. The number of halogens is 1. The zero-order valence-corrected chi connectivity index (χ0v) is 20.5. The third kappa shape index (κ3) is 5.32. The Morgan fingerprint density at radius 2 is 2.00 bits per heavy atom. The second-order valence-corrected chi connectivity index (χ2v) is 10.3. The topological polar surface area (TPSA) is 65.7 Å². The van der Waals surface area contributed by atoms with Gasteiger partial charge in [0.25, 0.3) is 5.91 Å². The van der Waals surface area contributed by atoms with E-state index in [1.54, 1.807) is 23.5 Å². The number of amides is 1. The first-order valence-electron chi connectivity index (χ1n) is 11.9. The van der Waals surface area contributed by atoms with E-state index in [0.717, 1.165) is 36.1 Å². The van der Waals surface area contributed by atoms with Crippen molar-refractivity contribution in [1.82, 2.24) is 10.2 Å². The van der Waals surface area contributed by atoms with Crippen molar-refractivity contribution in [3.05, 3.63) is 93.1 Å². The van der Waals surface area contributed by atoms with Crippen LogP contribution in [0, 0.1) is 12.7 Å². The molecule has 0 unspecified atom stereocenters. The second kappa shape index (κ2) is 9.93. The van der Waals surface area contributed by atoms with Gasteiger partial charge in [-0.2, -0.15) is 0 Å². The lowest BCUT2D eigenvalue weighted by molar-refractivity contribution is -0.0274. The van der Waals surface area contributed by atoms with Gasteiger partial charge < -0.3 is 14.8 Å². The van der Waals surface area contributed by atoms with Crippen molar-refractivity contribution in [2.24, 2.45) is 0 Å². The van der Waals surface area contributed by atoms with Gasteiger partial charge >= 0.3 is 0 Å².